The zero-order chi connectivity index (χ0) is 12.5. The molecule has 0 saturated carbocycles. The monoisotopic (exact) mass is 260 g/mol. The first-order valence-electron chi connectivity index (χ1n) is 5.92. The van der Waals surface area contributed by atoms with Gasteiger partial charge in [-0.3, -0.25) is 0 Å². The van der Waals surface area contributed by atoms with Crippen LogP contribution in [0.3, 0.4) is 0 Å². The summed E-state index contributed by atoms with van der Waals surface area (Å²) < 4.78 is 5.88. The zero-order valence-corrected chi connectivity index (χ0v) is 10.5. The van der Waals surface area contributed by atoms with Crippen molar-refractivity contribution in [2.75, 3.05) is 0 Å². The first kappa shape index (κ1) is 11.6. The van der Waals surface area contributed by atoms with Crippen molar-refractivity contribution in [3.05, 3.63) is 64.7 Å². The van der Waals surface area contributed by atoms with Crippen LogP contribution >= 0.6 is 11.6 Å². The quantitative estimate of drug-likeness (QED) is 0.852. The summed E-state index contributed by atoms with van der Waals surface area (Å²) >= 11 is 5.86. The molecule has 0 saturated heterocycles. The fourth-order valence-electron chi connectivity index (χ4n) is 2.28. The number of hydrogen-bond donors (Lipinski definition) is 1. The van der Waals surface area contributed by atoms with E-state index in [9.17, 15) is 5.11 Å². The van der Waals surface area contributed by atoms with E-state index in [1.807, 2.05) is 48.5 Å². The van der Waals surface area contributed by atoms with E-state index in [2.05, 4.69) is 0 Å². The molecule has 2 aromatic carbocycles. The predicted octanol–water partition coefficient (Wildman–Crippen LogP) is 3.38. The second kappa shape index (κ2) is 4.63. The number of aliphatic hydroxyl groups is 1. The van der Waals surface area contributed by atoms with Gasteiger partial charge >= 0.3 is 0 Å². The Morgan fingerprint density at radius 1 is 1.06 bits per heavy atom. The van der Waals surface area contributed by atoms with Crippen molar-refractivity contribution in [3.63, 3.8) is 0 Å². The van der Waals surface area contributed by atoms with Gasteiger partial charge in [0.05, 0.1) is 6.10 Å². The van der Waals surface area contributed by atoms with Crippen LogP contribution in [0.15, 0.2) is 48.5 Å². The summed E-state index contributed by atoms with van der Waals surface area (Å²) in [4.78, 5) is 0. The van der Waals surface area contributed by atoms with Crippen LogP contribution in [-0.4, -0.2) is 11.2 Å². The van der Waals surface area contributed by atoms with Crippen LogP contribution in [0.2, 0.25) is 5.02 Å². The van der Waals surface area contributed by atoms with Gasteiger partial charge < -0.3 is 9.84 Å². The molecule has 0 unspecified atom stereocenters. The van der Waals surface area contributed by atoms with Gasteiger partial charge in [-0.05, 0) is 29.3 Å². The fraction of sp³-hybridized carbons (Fsp3) is 0.200. The molecular weight excluding hydrogens is 248 g/mol. The lowest BCUT2D eigenvalue weighted by molar-refractivity contribution is 0.0208. The van der Waals surface area contributed by atoms with Gasteiger partial charge in [-0.2, -0.15) is 0 Å². The van der Waals surface area contributed by atoms with E-state index in [1.165, 1.54) is 0 Å². The molecule has 1 heterocycles. The molecule has 1 aliphatic heterocycles. The third kappa shape index (κ3) is 2.09. The molecule has 0 spiro atoms. The minimum Gasteiger partial charge on any atom is -0.483 e. The molecule has 2 atom stereocenters. The number of ether oxygens (including phenoxy) is 1. The van der Waals surface area contributed by atoms with E-state index < -0.39 is 6.10 Å². The third-order valence-corrected chi connectivity index (χ3v) is 3.46. The Morgan fingerprint density at radius 2 is 1.78 bits per heavy atom. The molecule has 0 radical (unpaired) electrons. The maximum atomic E-state index is 10.2. The Labute approximate surface area is 111 Å². The molecule has 0 amide bonds. The number of halogens is 1. The molecule has 0 aromatic heterocycles. The summed E-state index contributed by atoms with van der Waals surface area (Å²) in [5, 5.41) is 10.9. The Morgan fingerprint density at radius 3 is 2.56 bits per heavy atom. The molecular formula is C15H13ClO2. The number of aliphatic hydroxyl groups excluding tert-OH is 1. The highest BCUT2D eigenvalue weighted by molar-refractivity contribution is 6.30. The average molecular weight is 261 g/mol. The third-order valence-electron chi connectivity index (χ3n) is 3.20. The van der Waals surface area contributed by atoms with E-state index in [0.717, 1.165) is 16.9 Å². The number of rotatable bonds is 1. The maximum Gasteiger partial charge on any atom is 0.150 e. The fourth-order valence-corrected chi connectivity index (χ4v) is 2.40. The highest BCUT2D eigenvalue weighted by Crippen LogP contribution is 2.35. The molecule has 18 heavy (non-hydrogen) atoms. The number of hydrogen-bond acceptors (Lipinski definition) is 2. The van der Waals surface area contributed by atoms with Gasteiger partial charge in [0.2, 0.25) is 0 Å². The number of para-hydroxylation sites is 1. The summed E-state index contributed by atoms with van der Waals surface area (Å²) in [6.45, 7) is 0. The van der Waals surface area contributed by atoms with Gasteiger partial charge in [0, 0.05) is 11.4 Å². The van der Waals surface area contributed by atoms with E-state index in [-0.39, 0.29) is 6.10 Å². The van der Waals surface area contributed by atoms with Crippen molar-refractivity contribution in [1.29, 1.82) is 0 Å². The summed E-state index contributed by atoms with van der Waals surface area (Å²) in [7, 11) is 0. The number of benzene rings is 2. The molecule has 0 bridgehead atoms. The van der Waals surface area contributed by atoms with Crippen LogP contribution in [0.1, 0.15) is 17.2 Å². The molecule has 3 heteroatoms. The van der Waals surface area contributed by atoms with Crippen molar-refractivity contribution in [2.24, 2.45) is 0 Å². The summed E-state index contributed by atoms with van der Waals surface area (Å²) in [6, 6.07) is 15.2. The largest absolute Gasteiger partial charge is 0.483 e. The Balaban J connectivity index is 1.93. The van der Waals surface area contributed by atoms with Gasteiger partial charge in [-0.25, -0.2) is 0 Å². The van der Waals surface area contributed by atoms with Crippen molar-refractivity contribution in [1.82, 2.24) is 0 Å². The van der Waals surface area contributed by atoms with Crippen molar-refractivity contribution in [3.8, 4) is 5.75 Å². The van der Waals surface area contributed by atoms with Gasteiger partial charge in [0.1, 0.15) is 11.9 Å². The molecule has 0 fully saturated rings. The highest BCUT2D eigenvalue weighted by atomic mass is 35.5. The lowest BCUT2D eigenvalue weighted by atomic mass is 9.95. The zero-order valence-electron chi connectivity index (χ0n) is 9.71. The maximum absolute atomic E-state index is 10.2. The molecule has 0 aliphatic carbocycles. The molecule has 2 aromatic rings. The normalized spacial score (nSPS) is 22.1. The van der Waals surface area contributed by atoms with Gasteiger partial charge in [0.15, 0.2) is 0 Å². The van der Waals surface area contributed by atoms with Crippen LogP contribution < -0.4 is 4.74 Å². The highest BCUT2D eigenvalue weighted by Gasteiger charge is 2.29. The molecule has 92 valence electrons. The van der Waals surface area contributed by atoms with E-state index >= 15 is 0 Å². The number of fused-ring (bicyclic) bond motifs is 1. The summed E-state index contributed by atoms with van der Waals surface area (Å²) in [5.74, 6) is 0.850. The lowest BCUT2D eigenvalue weighted by Crippen LogP contribution is -2.30. The lowest BCUT2D eigenvalue weighted by Gasteiger charge is -2.30. The smallest absolute Gasteiger partial charge is 0.150 e. The second-order valence-corrected chi connectivity index (χ2v) is 4.91. The first-order chi connectivity index (χ1) is 8.74. The predicted molar refractivity (Wildman–Crippen MR) is 71.0 cm³/mol. The van der Waals surface area contributed by atoms with E-state index in [4.69, 9.17) is 16.3 Å². The van der Waals surface area contributed by atoms with Crippen molar-refractivity contribution >= 4 is 11.6 Å². The minimum absolute atomic E-state index is 0.322. The Kier molecular flexibility index (Phi) is 2.98. The van der Waals surface area contributed by atoms with E-state index in [0.29, 0.717) is 11.4 Å². The van der Waals surface area contributed by atoms with Crippen LogP contribution in [0, 0.1) is 0 Å². The van der Waals surface area contributed by atoms with Crippen LogP contribution in [0.4, 0.5) is 0 Å². The molecule has 2 nitrogen and oxygen atoms in total. The summed E-state index contributed by atoms with van der Waals surface area (Å²) in [5.41, 5.74) is 2.00. The SMILES string of the molecule is O[C@H]1Cc2ccccc2O[C@@H]1c1ccc(Cl)cc1. The molecule has 1 N–H and O–H groups in total. The second-order valence-electron chi connectivity index (χ2n) is 4.47. The van der Waals surface area contributed by atoms with E-state index in [1.54, 1.807) is 0 Å². The van der Waals surface area contributed by atoms with Crippen molar-refractivity contribution in [2.45, 2.75) is 18.6 Å². The Bertz CT molecular complexity index is 551. The topological polar surface area (TPSA) is 29.5 Å². The molecule has 3 rings (SSSR count). The first-order valence-corrected chi connectivity index (χ1v) is 6.30. The van der Waals surface area contributed by atoms with Crippen LogP contribution in [0.25, 0.3) is 0 Å². The average Bonchev–Trinajstić information content (AvgIpc) is 2.39. The standard InChI is InChI=1S/C15H13ClO2/c16-12-7-5-10(6-8-12)15-13(17)9-11-3-1-2-4-14(11)18-15/h1-8,13,15,17H,9H2/t13-,15+/m0/s1. The minimum atomic E-state index is -0.527. The summed E-state index contributed by atoms with van der Waals surface area (Å²) in [6.07, 6.45) is -0.234. The van der Waals surface area contributed by atoms with Gasteiger partial charge in [0.25, 0.3) is 0 Å². The Hall–Kier alpha value is -1.51. The van der Waals surface area contributed by atoms with Crippen LogP contribution in [0.5, 0.6) is 5.75 Å². The molecule has 1 aliphatic rings. The van der Waals surface area contributed by atoms with Crippen molar-refractivity contribution < 1.29 is 9.84 Å². The van der Waals surface area contributed by atoms with Gasteiger partial charge in [-0.1, -0.05) is 41.9 Å². The van der Waals surface area contributed by atoms with Gasteiger partial charge in [-0.15, -0.1) is 0 Å². The van der Waals surface area contributed by atoms with Crippen LogP contribution in [-0.2, 0) is 6.42 Å².